The van der Waals surface area contributed by atoms with Crippen molar-refractivity contribution in [1.29, 1.82) is 0 Å². The number of carbonyl (C=O) groups is 1. The largest absolute Gasteiger partial charge is 0.354 e. The van der Waals surface area contributed by atoms with Crippen LogP contribution in [0.5, 0.6) is 0 Å². The van der Waals surface area contributed by atoms with Gasteiger partial charge in [0.25, 0.3) is 0 Å². The predicted octanol–water partition coefficient (Wildman–Crippen LogP) is 3.78. The number of hydrogen-bond donors (Lipinski definition) is 2. The van der Waals surface area contributed by atoms with Crippen molar-refractivity contribution in [2.45, 2.75) is 45.2 Å². The lowest BCUT2D eigenvalue weighted by Gasteiger charge is -2.38. The number of piperazine rings is 1. The normalized spacial score (nSPS) is 18.0. The molecule has 6 nitrogen and oxygen atoms in total. The van der Waals surface area contributed by atoms with E-state index >= 15 is 0 Å². The first-order valence-corrected chi connectivity index (χ1v) is 10.7. The van der Waals surface area contributed by atoms with Gasteiger partial charge in [0, 0.05) is 38.8 Å². The number of pyridine rings is 1. The Morgan fingerprint density at radius 3 is 2.41 bits per heavy atom. The van der Waals surface area contributed by atoms with Gasteiger partial charge in [0.1, 0.15) is 5.82 Å². The first-order valence-electron chi connectivity index (χ1n) is 10.7. The van der Waals surface area contributed by atoms with Gasteiger partial charge >= 0.3 is 6.03 Å². The number of urea groups is 1. The van der Waals surface area contributed by atoms with Crippen molar-refractivity contribution in [1.82, 2.24) is 15.2 Å². The Bertz CT molecular complexity index is 791. The molecule has 1 aliphatic heterocycles. The molecule has 1 saturated carbocycles. The Hall–Kier alpha value is -2.60. The molecule has 6 heteroatoms. The predicted molar refractivity (Wildman–Crippen MR) is 117 cm³/mol. The van der Waals surface area contributed by atoms with Crippen LogP contribution in [0.25, 0.3) is 0 Å². The molecule has 2 fully saturated rings. The van der Waals surface area contributed by atoms with Crippen LogP contribution in [0.2, 0.25) is 0 Å². The van der Waals surface area contributed by atoms with Crippen molar-refractivity contribution in [2.75, 3.05) is 36.4 Å². The molecular weight excluding hydrogens is 362 g/mol. The van der Waals surface area contributed by atoms with E-state index in [1.807, 2.05) is 36.4 Å². The van der Waals surface area contributed by atoms with Gasteiger partial charge in [0.05, 0.1) is 11.9 Å². The van der Waals surface area contributed by atoms with Crippen LogP contribution in [0.4, 0.5) is 16.3 Å². The van der Waals surface area contributed by atoms with E-state index in [2.05, 4.69) is 32.3 Å². The van der Waals surface area contributed by atoms with E-state index in [4.69, 9.17) is 0 Å². The zero-order valence-corrected chi connectivity index (χ0v) is 17.2. The summed E-state index contributed by atoms with van der Waals surface area (Å²) in [6.07, 6.45) is 7.25. The summed E-state index contributed by atoms with van der Waals surface area (Å²) >= 11 is 0. The second kappa shape index (κ2) is 9.27. The fourth-order valence-corrected chi connectivity index (χ4v) is 4.30. The van der Waals surface area contributed by atoms with Crippen LogP contribution in [0.1, 0.15) is 36.8 Å². The quantitative estimate of drug-likeness (QED) is 0.812. The highest BCUT2D eigenvalue weighted by atomic mass is 16.2. The molecule has 1 aromatic heterocycles. The molecule has 2 aliphatic rings. The molecule has 0 atom stereocenters. The monoisotopic (exact) mass is 393 g/mol. The van der Waals surface area contributed by atoms with E-state index in [-0.39, 0.29) is 6.03 Å². The van der Waals surface area contributed by atoms with E-state index in [0.717, 1.165) is 43.6 Å². The number of anilines is 2. The highest BCUT2D eigenvalue weighted by Crippen LogP contribution is 2.25. The Morgan fingerprint density at radius 2 is 1.76 bits per heavy atom. The molecule has 1 saturated heterocycles. The van der Waals surface area contributed by atoms with Crippen LogP contribution < -0.4 is 15.5 Å². The Morgan fingerprint density at radius 1 is 1.03 bits per heavy atom. The molecule has 1 aliphatic carbocycles. The summed E-state index contributed by atoms with van der Waals surface area (Å²) in [5, 5.41) is 5.74. The van der Waals surface area contributed by atoms with Gasteiger partial charge < -0.3 is 15.5 Å². The van der Waals surface area contributed by atoms with Gasteiger partial charge in [0.15, 0.2) is 0 Å². The zero-order valence-electron chi connectivity index (χ0n) is 17.2. The molecule has 2 amide bonds. The second-order valence-corrected chi connectivity index (χ2v) is 8.16. The van der Waals surface area contributed by atoms with Crippen molar-refractivity contribution in [3.63, 3.8) is 0 Å². The average Bonchev–Trinajstić information content (AvgIpc) is 3.29. The minimum absolute atomic E-state index is 0.217. The van der Waals surface area contributed by atoms with Gasteiger partial charge in [-0.2, -0.15) is 0 Å². The molecule has 154 valence electrons. The van der Waals surface area contributed by atoms with Gasteiger partial charge in [0.2, 0.25) is 0 Å². The van der Waals surface area contributed by atoms with Crippen molar-refractivity contribution < 1.29 is 4.79 Å². The summed E-state index contributed by atoms with van der Waals surface area (Å²) in [7, 11) is 0. The van der Waals surface area contributed by atoms with Crippen LogP contribution in [0.3, 0.4) is 0 Å². The highest BCUT2D eigenvalue weighted by molar-refractivity contribution is 5.89. The molecule has 0 unspecified atom stereocenters. The molecule has 2 aromatic rings. The maximum Gasteiger partial charge on any atom is 0.319 e. The third kappa shape index (κ3) is 5.26. The van der Waals surface area contributed by atoms with E-state index < -0.39 is 0 Å². The van der Waals surface area contributed by atoms with E-state index in [0.29, 0.717) is 12.2 Å². The lowest BCUT2D eigenvalue weighted by atomic mass is 10.1. The summed E-state index contributed by atoms with van der Waals surface area (Å²) in [5.74, 6) is 0.988. The number of carbonyl (C=O) groups excluding carboxylic acids is 1. The van der Waals surface area contributed by atoms with Crippen LogP contribution >= 0.6 is 0 Å². The molecule has 0 spiro atoms. The minimum atomic E-state index is -0.217. The highest BCUT2D eigenvalue weighted by Gasteiger charge is 2.26. The SMILES string of the molecule is Cc1ccc(CNC(=O)Nc2ccc(N3CCN(C4CCCC4)CC3)nc2)cc1. The van der Waals surface area contributed by atoms with Gasteiger partial charge in [-0.3, -0.25) is 4.90 Å². The smallest absolute Gasteiger partial charge is 0.319 e. The second-order valence-electron chi connectivity index (χ2n) is 8.16. The summed E-state index contributed by atoms with van der Waals surface area (Å²) in [6, 6.07) is 12.7. The fraction of sp³-hybridized carbons (Fsp3) is 0.478. The van der Waals surface area contributed by atoms with E-state index in [1.165, 1.54) is 31.2 Å². The number of aromatic nitrogens is 1. The maximum absolute atomic E-state index is 12.1. The fourth-order valence-electron chi connectivity index (χ4n) is 4.30. The first kappa shape index (κ1) is 19.7. The number of nitrogens with one attached hydrogen (secondary N) is 2. The molecule has 2 heterocycles. The first-order chi connectivity index (χ1) is 14.2. The zero-order chi connectivity index (χ0) is 20.1. The molecule has 1 aromatic carbocycles. The summed E-state index contributed by atoms with van der Waals surface area (Å²) < 4.78 is 0. The van der Waals surface area contributed by atoms with Crippen LogP contribution in [0.15, 0.2) is 42.6 Å². The van der Waals surface area contributed by atoms with Gasteiger partial charge in [-0.05, 0) is 37.5 Å². The van der Waals surface area contributed by atoms with Gasteiger partial charge in [-0.1, -0.05) is 42.7 Å². The van der Waals surface area contributed by atoms with Crippen LogP contribution in [0, 0.1) is 6.92 Å². The molecule has 0 bridgehead atoms. The van der Waals surface area contributed by atoms with Crippen molar-refractivity contribution >= 4 is 17.5 Å². The molecular formula is C23H31N5O. The summed E-state index contributed by atoms with van der Waals surface area (Å²) in [6.45, 7) is 6.83. The van der Waals surface area contributed by atoms with Crippen LogP contribution in [-0.2, 0) is 6.54 Å². The van der Waals surface area contributed by atoms with Crippen LogP contribution in [-0.4, -0.2) is 48.1 Å². The van der Waals surface area contributed by atoms with E-state index in [1.54, 1.807) is 6.20 Å². The topological polar surface area (TPSA) is 60.5 Å². The molecule has 0 radical (unpaired) electrons. The average molecular weight is 394 g/mol. The number of aryl methyl sites for hydroxylation is 1. The number of benzene rings is 1. The number of amides is 2. The standard InChI is InChI=1S/C23H31N5O/c1-18-6-8-19(9-7-18)16-25-23(29)26-20-10-11-22(24-17-20)28-14-12-27(13-15-28)21-4-2-3-5-21/h6-11,17,21H,2-5,12-16H2,1H3,(H2,25,26,29). The van der Waals surface area contributed by atoms with Gasteiger partial charge in [-0.15, -0.1) is 0 Å². The Kier molecular flexibility index (Phi) is 6.30. The van der Waals surface area contributed by atoms with Crippen molar-refractivity contribution in [3.8, 4) is 0 Å². The Labute approximate surface area is 173 Å². The lowest BCUT2D eigenvalue weighted by molar-refractivity contribution is 0.187. The number of hydrogen-bond acceptors (Lipinski definition) is 4. The number of rotatable bonds is 5. The Balaban J connectivity index is 1.23. The molecule has 4 rings (SSSR count). The number of nitrogens with zero attached hydrogens (tertiary/aromatic N) is 3. The van der Waals surface area contributed by atoms with Crippen molar-refractivity contribution in [2.24, 2.45) is 0 Å². The molecule has 29 heavy (non-hydrogen) atoms. The summed E-state index contributed by atoms with van der Waals surface area (Å²) in [5.41, 5.74) is 3.00. The lowest BCUT2D eigenvalue weighted by Crippen LogP contribution is -2.49. The molecule has 2 N–H and O–H groups in total. The summed E-state index contributed by atoms with van der Waals surface area (Å²) in [4.78, 5) is 21.7. The van der Waals surface area contributed by atoms with Gasteiger partial charge in [-0.25, -0.2) is 9.78 Å². The third-order valence-electron chi connectivity index (χ3n) is 6.06. The van der Waals surface area contributed by atoms with Crippen molar-refractivity contribution in [3.05, 3.63) is 53.7 Å². The third-order valence-corrected chi connectivity index (χ3v) is 6.06. The maximum atomic E-state index is 12.1. The minimum Gasteiger partial charge on any atom is -0.354 e. The van der Waals surface area contributed by atoms with E-state index in [9.17, 15) is 4.79 Å².